The number of aryl methyl sites for hydroxylation is 1. The van der Waals surface area contributed by atoms with E-state index in [1.54, 1.807) is 0 Å². The minimum absolute atomic E-state index is 0.0478. The number of nitrogens with one attached hydrogen (secondary N) is 2. The van der Waals surface area contributed by atoms with Gasteiger partial charge in [0.1, 0.15) is 0 Å². The van der Waals surface area contributed by atoms with E-state index in [-0.39, 0.29) is 18.0 Å². The Balaban J connectivity index is 1.48. The Hall–Kier alpha value is -1.35. The molecule has 2 aliphatic carbocycles. The van der Waals surface area contributed by atoms with Crippen LogP contribution in [-0.2, 0) is 11.2 Å². The normalized spacial score (nSPS) is 34.3. The molecule has 2 N–H and O–H groups in total. The summed E-state index contributed by atoms with van der Waals surface area (Å²) in [4.78, 5) is 12.7. The molecule has 0 radical (unpaired) electrons. The standard InChI is InChI=1S/C18H24N2O/c21-18(17-15-9-3-7-13(15)11-19-17)20-16-10-4-6-12-5-1-2-8-14(12)16/h1-2,5,8,13,15-17,19H,3-4,6-7,9-11H2,(H,20,21). The van der Waals surface area contributed by atoms with Gasteiger partial charge in [0.05, 0.1) is 12.1 Å². The van der Waals surface area contributed by atoms with Crippen molar-refractivity contribution in [2.75, 3.05) is 6.54 Å². The molecule has 21 heavy (non-hydrogen) atoms. The lowest BCUT2D eigenvalue weighted by molar-refractivity contribution is -0.124. The molecule has 1 heterocycles. The van der Waals surface area contributed by atoms with Crippen molar-refractivity contribution in [3.8, 4) is 0 Å². The molecule has 2 fully saturated rings. The maximum atomic E-state index is 12.7. The maximum absolute atomic E-state index is 12.7. The van der Waals surface area contributed by atoms with Gasteiger partial charge in [0.2, 0.25) is 5.91 Å². The first-order chi connectivity index (χ1) is 10.3. The molecule has 1 saturated carbocycles. The number of fused-ring (bicyclic) bond motifs is 2. The van der Waals surface area contributed by atoms with Crippen LogP contribution in [0.4, 0.5) is 0 Å². The highest BCUT2D eigenvalue weighted by Gasteiger charge is 2.42. The van der Waals surface area contributed by atoms with Gasteiger partial charge >= 0.3 is 0 Å². The molecule has 1 aromatic carbocycles. The number of amides is 1. The quantitative estimate of drug-likeness (QED) is 0.876. The second kappa shape index (κ2) is 5.45. The molecule has 1 saturated heterocycles. The lowest BCUT2D eigenvalue weighted by atomic mass is 9.87. The highest BCUT2D eigenvalue weighted by Crippen LogP contribution is 2.38. The van der Waals surface area contributed by atoms with Crippen LogP contribution in [0, 0.1) is 11.8 Å². The summed E-state index contributed by atoms with van der Waals surface area (Å²) in [5.74, 6) is 1.54. The van der Waals surface area contributed by atoms with Crippen LogP contribution < -0.4 is 10.6 Å². The van der Waals surface area contributed by atoms with E-state index < -0.39 is 0 Å². The zero-order valence-corrected chi connectivity index (χ0v) is 12.5. The van der Waals surface area contributed by atoms with Crippen molar-refractivity contribution in [3.63, 3.8) is 0 Å². The Morgan fingerprint density at radius 3 is 3.00 bits per heavy atom. The molecule has 1 aromatic rings. The molecule has 3 aliphatic rings. The number of carbonyl (C=O) groups is 1. The van der Waals surface area contributed by atoms with Crippen LogP contribution in [-0.4, -0.2) is 18.5 Å². The summed E-state index contributed by atoms with van der Waals surface area (Å²) in [5.41, 5.74) is 2.74. The van der Waals surface area contributed by atoms with Crippen molar-refractivity contribution in [3.05, 3.63) is 35.4 Å². The third-order valence-electron chi connectivity index (χ3n) is 5.71. The molecule has 1 aliphatic heterocycles. The fourth-order valence-corrected chi connectivity index (χ4v) is 4.64. The molecule has 0 bridgehead atoms. The van der Waals surface area contributed by atoms with Gasteiger partial charge < -0.3 is 10.6 Å². The SMILES string of the molecule is O=C(NC1CCCc2ccccc21)C1NCC2CCCC21. The lowest BCUT2D eigenvalue weighted by Gasteiger charge is -2.28. The summed E-state index contributed by atoms with van der Waals surface area (Å²) >= 11 is 0. The van der Waals surface area contributed by atoms with Gasteiger partial charge in [0.25, 0.3) is 0 Å². The van der Waals surface area contributed by atoms with E-state index in [2.05, 4.69) is 34.9 Å². The van der Waals surface area contributed by atoms with Crippen molar-refractivity contribution < 1.29 is 4.79 Å². The summed E-state index contributed by atoms with van der Waals surface area (Å²) in [6.45, 7) is 1.03. The molecule has 0 spiro atoms. The molecule has 1 amide bonds. The third-order valence-corrected chi connectivity index (χ3v) is 5.71. The van der Waals surface area contributed by atoms with Gasteiger partial charge in [0.15, 0.2) is 0 Å². The summed E-state index contributed by atoms with van der Waals surface area (Å²) in [7, 11) is 0. The van der Waals surface area contributed by atoms with Gasteiger partial charge in [0, 0.05) is 0 Å². The smallest absolute Gasteiger partial charge is 0.237 e. The Bertz CT molecular complexity index is 542. The van der Waals surface area contributed by atoms with Crippen LogP contribution in [0.5, 0.6) is 0 Å². The van der Waals surface area contributed by atoms with Gasteiger partial charge in [-0.1, -0.05) is 30.7 Å². The van der Waals surface area contributed by atoms with Gasteiger partial charge in [-0.15, -0.1) is 0 Å². The molecule has 0 aromatic heterocycles. The fraction of sp³-hybridized carbons (Fsp3) is 0.611. The van der Waals surface area contributed by atoms with Crippen molar-refractivity contribution in [2.45, 2.75) is 50.6 Å². The van der Waals surface area contributed by atoms with Crippen LogP contribution >= 0.6 is 0 Å². The second-order valence-corrected chi connectivity index (χ2v) is 6.89. The van der Waals surface area contributed by atoms with E-state index in [0.29, 0.717) is 5.92 Å². The Morgan fingerprint density at radius 1 is 1.14 bits per heavy atom. The van der Waals surface area contributed by atoms with Crippen LogP contribution in [0.25, 0.3) is 0 Å². The van der Waals surface area contributed by atoms with Gasteiger partial charge in [-0.3, -0.25) is 4.79 Å². The average molecular weight is 284 g/mol. The number of carbonyl (C=O) groups excluding carboxylic acids is 1. The first-order valence-corrected chi connectivity index (χ1v) is 8.44. The van der Waals surface area contributed by atoms with Crippen molar-refractivity contribution in [1.29, 1.82) is 0 Å². The average Bonchev–Trinajstić information content (AvgIpc) is 3.10. The Labute approximate surface area is 126 Å². The number of hydrogen-bond acceptors (Lipinski definition) is 2. The highest BCUT2D eigenvalue weighted by molar-refractivity contribution is 5.83. The maximum Gasteiger partial charge on any atom is 0.237 e. The van der Waals surface area contributed by atoms with E-state index in [0.717, 1.165) is 25.3 Å². The Morgan fingerprint density at radius 2 is 2.05 bits per heavy atom. The van der Waals surface area contributed by atoms with E-state index in [9.17, 15) is 4.79 Å². The monoisotopic (exact) mass is 284 g/mol. The van der Waals surface area contributed by atoms with Crippen molar-refractivity contribution in [2.24, 2.45) is 11.8 Å². The first-order valence-electron chi connectivity index (χ1n) is 8.44. The molecule has 3 nitrogen and oxygen atoms in total. The van der Waals surface area contributed by atoms with Crippen LogP contribution in [0.15, 0.2) is 24.3 Å². The Kier molecular flexibility index (Phi) is 3.46. The summed E-state index contributed by atoms with van der Waals surface area (Å²) in [5, 5.41) is 6.79. The van der Waals surface area contributed by atoms with E-state index in [1.165, 1.54) is 36.8 Å². The summed E-state index contributed by atoms with van der Waals surface area (Å²) in [6, 6.07) is 8.83. The third kappa shape index (κ3) is 2.38. The molecular weight excluding hydrogens is 260 g/mol. The van der Waals surface area contributed by atoms with Gasteiger partial charge in [-0.25, -0.2) is 0 Å². The second-order valence-electron chi connectivity index (χ2n) is 6.89. The summed E-state index contributed by atoms with van der Waals surface area (Å²) < 4.78 is 0. The summed E-state index contributed by atoms with van der Waals surface area (Å²) in [6.07, 6.45) is 7.21. The van der Waals surface area contributed by atoms with E-state index in [4.69, 9.17) is 0 Å². The molecule has 112 valence electrons. The van der Waals surface area contributed by atoms with Gasteiger partial charge in [-0.2, -0.15) is 0 Å². The molecule has 4 rings (SSSR count). The molecule has 4 atom stereocenters. The predicted molar refractivity (Wildman–Crippen MR) is 82.9 cm³/mol. The highest BCUT2D eigenvalue weighted by atomic mass is 16.2. The number of rotatable bonds is 2. The molecular formula is C18H24N2O. The zero-order chi connectivity index (χ0) is 14.2. The minimum atomic E-state index is 0.0478. The topological polar surface area (TPSA) is 41.1 Å². The zero-order valence-electron chi connectivity index (χ0n) is 12.5. The lowest BCUT2D eigenvalue weighted by Crippen LogP contribution is -2.45. The van der Waals surface area contributed by atoms with Crippen LogP contribution in [0.2, 0.25) is 0 Å². The van der Waals surface area contributed by atoms with E-state index >= 15 is 0 Å². The van der Waals surface area contributed by atoms with Crippen molar-refractivity contribution in [1.82, 2.24) is 10.6 Å². The van der Waals surface area contributed by atoms with Crippen LogP contribution in [0.3, 0.4) is 0 Å². The van der Waals surface area contributed by atoms with Crippen molar-refractivity contribution >= 4 is 5.91 Å². The largest absolute Gasteiger partial charge is 0.348 e. The van der Waals surface area contributed by atoms with Crippen LogP contribution in [0.1, 0.15) is 49.3 Å². The molecule has 3 heteroatoms. The predicted octanol–water partition coefficient (Wildman–Crippen LogP) is 2.57. The first kappa shape index (κ1) is 13.3. The fourth-order valence-electron chi connectivity index (χ4n) is 4.64. The number of benzene rings is 1. The van der Waals surface area contributed by atoms with Gasteiger partial charge in [-0.05, 0) is 61.6 Å². The molecule has 4 unspecified atom stereocenters. The number of hydrogen-bond donors (Lipinski definition) is 2. The van der Waals surface area contributed by atoms with E-state index in [1.807, 2.05) is 0 Å². The minimum Gasteiger partial charge on any atom is -0.348 e.